The molecule has 2 aromatic rings. The highest BCUT2D eigenvalue weighted by atomic mass is 127. The van der Waals surface area contributed by atoms with E-state index in [9.17, 15) is 14.4 Å². The van der Waals surface area contributed by atoms with Crippen molar-refractivity contribution < 1.29 is 23.9 Å². The molecule has 122 valence electrons. The summed E-state index contributed by atoms with van der Waals surface area (Å²) in [4.78, 5) is 35.5. The van der Waals surface area contributed by atoms with Crippen LogP contribution >= 0.6 is 22.6 Å². The lowest BCUT2D eigenvalue weighted by Crippen LogP contribution is -2.25. The van der Waals surface area contributed by atoms with Crippen LogP contribution in [0.1, 0.15) is 20.7 Å². The molecule has 0 radical (unpaired) electrons. The lowest BCUT2D eigenvalue weighted by molar-refractivity contribution is -0.118. The third-order valence-corrected chi connectivity index (χ3v) is 4.00. The van der Waals surface area contributed by atoms with E-state index in [0.717, 1.165) is 3.57 Å². The molecule has 0 atom stereocenters. The molecule has 0 saturated carbocycles. The summed E-state index contributed by atoms with van der Waals surface area (Å²) in [6.45, 7) is -0.425. The van der Waals surface area contributed by atoms with Gasteiger partial charge in [0, 0.05) is 9.13 Å². The molecule has 0 aliphatic carbocycles. The molecule has 1 aliphatic heterocycles. The maximum absolute atomic E-state index is 12.2. The smallest absolute Gasteiger partial charge is 0.338 e. The quantitative estimate of drug-likeness (QED) is 0.452. The number of ketones is 1. The molecule has 7 heteroatoms. The fraction of sp³-hybridized carbons (Fsp3) is 0.118. The van der Waals surface area contributed by atoms with Gasteiger partial charge in [0.25, 0.3) is 5.91 Å². The first-order valence-electron chi connectivity index (χ1n) is 7.05. The van der Waals surface area contributed by atoms with E-state index in [2.05, 4.69) is 27.9 Å². The second-order valence-corrected chi connectivity index (χ2v) is 6.30. The minimum absolute atomic E-state index is 0.0478. The van der Waals surface area contributed by atoms with Crippen LogP contribution in [-0.4, -0.2) is 30.9 Å². The number of carbonyl (C=O) groups excluding carboxylic acids is 3. The highest BCUT2D eigenvalue weighted by Gasteiger charge is 2.18. The van der Waals surface area contributed by atoms with E-state index in [0.29, 0.717) is 22.6 Å². The van der Waals surface area contributed by atoms with Crippen molar-refractivity contribution in [2.45, 2.75) is 0 Å². The normalized spacial score (nSPS) is 12.6. The maximum Gasteiger partial charge on any atom is 0.338 e. The van der Waals surface area contributed by atoms with E-state index in [-0.39, 0.29) is 24.9 Å². The minimum Gasteiger partial charge on any atom is -0.482 e. The number of Topliss-reactive ketones (excluding diaryl/α,β-unsaturated/α-hetero) is 1. The number of halogens is 1. The Hall–Kier alpha value is -2.42. The van der Waals surface area contributed by atoms with Crippen molar-refractivity contribution in [3.8, 4) is 5.75 Å². The number of nitrogens with one attached hydrogen (secondary N) is 1. The number of rotatable bonds is 4. The van der Waals surface area contributed by atoms with Crippen LogP contribution in [0.2, 0.25) is 0 Å². The highest BCUT2D eigenvalue weighted by molar-refractivity contribution is 14.1. The Balaban J connectivity index is 1.66. The van der Waals surface area contributed by atoms with Crippen molar-refractivity contribution in [2.24, 2.45) is 0 Å². The van der Waals surface area contributed by atoms with Gasteiger partial charge in [-0.15, -0.1) is 0 Å². The van der Waals surface area contributed by atoms with Gasteiger partial charge in [0.15, 0.2) is 19.0 Å². The molecule has 0 fully saturated rings. The van der Waals surface area contributed by atoms with Gasteiger partial charge in [0.2, 0.25) is 0 Å². The fourth-order valence-corrected chi connectivity index (χ4v) is 2.71. The molecule has 3 rings (SSSR count). The lowest BCUT2D eigenvalue weighted by Gasteiger charge is -2.18. The molecular weight excluding hydrogens is 425 g/mol. The number of hydrogen-bond donors (Lipinski definition) is 1. The van der Waals surface area contributed by atoms with E-state index in [1.54, 1.807) is 30.3 Å². The molecule has 2 aromatic carbocycles. The minimum atomic E-state index is -0.559. The third kappa shape index (κ3) is 3.73. The van der Waals surface area contributed by atoms with Gasteiger partial charge in [-0.05, 0) is 59.0 Å². The van der Waals surface area contributed by atoms with Gasteiger partial charge in [0.1, 0.15) is 5.75 Å². The second-order valence-electron chi connectivity index (χ2n) is 5.06. The zero-order chi connectivity index (χ0) is 17.1. The number of hydrogen-bond acceptors (Lipinski definition) is 5. The van der Waals surface area contributed by atoms with Gasteiger partial charge in [-0.1, -0.05) is 6.07 Å². The molecule has 24 heavy (non-hydrogen) atoms. The Labute approximate surface area is 151 Å². The third-order valence-electron chi connectivity index (χ3n) is 3.33. The number of ether oxygens (including phenoxy) is 2. The molecule has 1 aliphatic rings. The molecule has 0 aromatic heterocycles. The Bertz CT molecular complexity index is 833. The van der Waals surface area contributed by atoms with Crippen LogP contribution in [0.15, 0.2) is 42.5 Å². The van der Waals surface area contributed by atoms with Crippen LogP contribution in [0.4, 0.5) is 5.69 Å². The van der Waals surface area contributed by atoms with Crippen molar-refractivity contribution in [2.75, 3.05) is 18.5 Å². The fourth-order valence-electron chi connectivity index (χ4n) is 2.17. The SMILES string of the molecule is O=C1COc2ccc(C(=O)COC(=O)c3cccc(I)c3)cc2N1. The molecule has 6 nitrogen and oxygen atoms in total. The Morgan fingerprint density at radius 2 is 2.00 bits per heavy atom. The first-order valence-corrected chi connectivity index (χ1v) is 8.13. The second kappa shape index (κ2) is 7.00. The Morgan fingerprint density at radius 1 is 1.17 bits per heavy atom. The van der Waals surface area contributed by atoms with E-state index < -0.39 is 5.97 Å². The summed E-state index contributed by atoms with van der Waals surface area (Å²) in [5, 5.41) is 2.63. The summed E-state index contributed by atoms with van der Waals surface area (Å²) < 4.78 is 11.2. The number of amides is 1. The maximum atomic E-state index is 12.2. The van der Waals surface area contributed by atoms with Crippen molar-refractivity contribution in [3.63, 3.8) is 0 Å². The van der Waals surface area contributed by atoms with E-state index in [4.69, 9.17) is 9.47 Å². The largest absolute Gasteiger partial charge is 0.482 e. The summed E-state index contributed by atoms with van der Waals surface area (Å²) in [6.07, 6.45) is 0. The van der Waals surface area contributed by atoms with E-state index in [1.807, 2.05) is 6.07 Å². The average Bonchev–Trinajstić information content (AvgIpc) is 2.58. The zero-order valence-electron chi connectivity index (χ0n) is 12.4. The highest BCUT2D eigenvalue weighted by Crippen LogP contribution is 2.28. The van der Waals surface area contributed by atoms with Crippen molar-refractivity contribution in [1.29, 1.82) is 0 Å². The van der Waals surface area contributed by atoms with Gasteiger partial charge >= 0.3 is 5.97 Å². The van der Waals surface area contributed by atoms with Gasteiger partial charge < -0.3 is 14.8 Å². The van der Waals surface area contributed by atoms with E-state index >= 15 is 0 Å². The molecule has 0 unspecified atom stereocenters. The predicted octanol–water partition coefficient (Wildman–Crippen LogP) is 2.66. The predicted molar refractivity (Wildman–Crippen MR) is 94.3 cm³/mol. The zero-order valence-corrected chi connectivity index (χ0v) is 14.5. The summed E-state index contributed by atoms with van der Waals surface area (Å²) in [7, 11) is 0. The van der Waals surface area contributed by atoms with Crippen molar-refractivity contribution in [3.05, 3.63) is 57.2 Å². The molecule has 1 N–H and O–H groups in total. The number of fused-ring (bicyclic) bond motifs is 1. The summed E-state index contributed by atoms with van der Waals surface area (Å²) in [5.74, 6) is -0.702. The summed E-state index contributed by atoms with van der Waals surface area (Å²) in [6, 6.07) is 11.6. The number of esters is 1. The van der Waals surface area contributed by atoms with Gasteiger partial charge in [0.05, 0.1) is 11.3 Å². The average molecular weight is 437 g/mol. The van der Waals surface area contributed by atoms with Gasteiger partial charge in [-0.2, -0.15) is 0 Å². The first-order chi connectivity index (χ1) is 11.5. The standard InChI is InChI=1S/C17H12INO5/c18-12-3-1-2-11(6-12)17(22)24-8-14(20)10-4-5-15-13(7-10)19-16(21)9-23-15/h1-7H,8-9H2,(H,19,21). The van der Waals surface area contributed by atoms with Crippen molar-refractivity contribution >= 4 is 45.9 Å². The van der Waals surface area contributed by atoms with Crippen LogP contribution in [0.25, 0.3) is 0 Å². The van der Waals surface area contributed by atoms with Crippen molar-refractivity contribution in [1.82, 2.24) is 0 Å². The van der Waals surface area contributed by atoms with Crippen LogP contribution in [0.5, 0.6) is 5.75 Å². The molecule has 0 saturated heterocycles. The monoisotopic (exact) mass is 437 g/mol. The number of carbonyl (C=O) groups is 3. The number of anilines is 1. The Kier molecular flexibility index (Phi) is 4.79. The lowest BCUT2D eigenvalue weighted by atomic mass is 10.1. The molecule has 1 amide bonds. The van der Waals surface area contributed by atoms with Gasteiger partial charge in [-0.25, -0.2) is 4.79 Å². The summed E-state index contributed by atoms with van der Waals surface area (Å²) >= 11 is 2.09. The summed E-state index contributed by atoms with van der Waals surface area (Å²) in [5.41, 5.74) is 1.15. The molecular formula is C17H12INO5. The van der Waals surface area contributed by atoms with Gasteiger partial charge in [-0.3, -0.25) is 9.59 Å². The molecule has 0 spiro atoms. The Morgan fingerprint density at radius 3 is 2.79 bits per heavy atom. The first kappa shape index (κ1) is 16.4. The molecule has 0 bridgehead atoms. The van der Waals surface area contributed by atoms with Crippen LogP contribution in [-0.2, 0) is 9.53 Å². The van der Waals surface area contributed by atoms with E-state index in [1.165, 1.54) is 6.07 Å². The van der Waals surface area contributed by atoms with Crippen LogP contribution in [0, 0.1) is 3.57 Å². The molecule has 1 heterocycles. The number of benzene rings is 2. The topological polar surface area (TPSA) is 81.7 Å². The van der Waals surface area contributed by atoms with Crippen LogP contribution in [0.3, 0.4) is 0 Å². The van der Waals surface area contributed by atoms with Crippen LogP contribution < -0.4 is 10.1 Å².